The molecule has 0 aromatic heterocycles. The molecule has 1 fully saturated rings. The highest BCUT2D eigenvalue weighted by Crippen LogP contribution is 2.48. The van der Waals surface area contributed by atoms with E-state index in [2.05, 4.69) is 10.6 Å². The van der Waals surface area contributed by atoms with Crippen molar-refractivity contribution in [2.24, 2.45) is 0 Å². The van der Waals surface area contributed by atoms with Gasteiger partial charge < -0.3 is 10.6 Å². The van der Waals surface area contributed by atoms with Crippen LogP contribution >= 0.6 is 0 Å². The molecular weight excluding hydrogens is 235 g/mol. The van der Waals surface area contributed by atoms with Crippen LogP contribution in [0.1, 0.15) is 18.4 Å². The van der Waals surface area contributed by atoms with Crippen molar-refractivity contribution in [3.63, 3.8) is 0 Å². The number of rotatable bonds is 4. The number of carbonyl (C=O) groups is 2. The first kappa shape index (κ1) is 12.5. The zero-order valence-corrected chi connectivity index (χ0v) is 10.1. The summed E-state index contributed by atoms with van der Waals surface area (Å²) in [6.45, 7) is -0.0295. The highest BCUT2D eigenvalue weighted by Gasteiger charge is 2.51. The van der Waals surface area contributed by atoms with E-state index in [4.69, 9.17) is 0 Å². The van der Waals surface area contributed by atoms with Gasteiger partial charge in [0.2, 0.25) is 11.8 Å². The van der Waals surface area contributed by atoms with Crippen LogP contribution in [0.5, 0.6) is 0 Å². The molecule has 0 aliphatic heterocycles. The summed E-state index contributed by atoms with van der Waals surface area (Å²) in [6.07, 6.45) is 1.47. The van der Waals surface area contributed by atoms with E-state index in [0.29, 0.717) is 0 Å². The second kappa shape index (κ2) is 4.76. The maximum absolute atomic E-state index is 12.8. The van der Waals surface area contributed by atoms with E-state index in [1.165, 1.54) is 19.2 Å². The Morgan fingerprint density at radius 3 is 2.39 bits per heavy atom. The molecule has 18 heavy (non-hydrogen) atoms. The van der Waals surface area contributed by atoms with Crippen molar-refractivity contribution in [1.82, 2.24) is 10.6 Å². The number of nitrogens with one attached hydrogen (secondary N) is 2. The van der Waals surface area contributed by atoms with Crippen LogP contribution in [-0.2, 0) is 15.0 Å². The molecule has 5 heteroatoms. The fraction of sp³-hybridized carbons (Fsp3) is 0.385. The number of hydrogen-bond donors (Lipinski definition) is 2. The third-order valence-corrected chi connectivity index (χ3v) is 3.27. The SMILES string of the molecule is CNC(=O)CNC(=O)C1(c2ccc(F)cc2)CC1. The van der Waals surface area contributed by atoms with Crippen LogP contribution in [0.15, 0.2) is 24.3 Å². The molecule has 1 saturated carbocycles. The van der Waals surface area contributed by atoms with Crippen LogP contribution in [0, 0.1) is 5.82 Å². The summed E-state index contributed by atoms with van der Waals surface area (Å²) >= 11 is 0. The molecule has 2 amide bonds. The lowest BCUT2D eigenvalue weighted by Crippen LogP contribution is -2.40. The molecule has 0 atom stereocenters. The molecule has 0 bridgehead atoms. The molecule has 4 nitrogen and oxygen atoms in total. The van der Waals surface area contributed by atoms with Gasteiger partial charge in [0.05, 0.1) is 12.0 Å². The quantitative estimate of drug-likeness (QED) is 0.827. The standard InChI is InChI=1S/C13H15FN2O2/c1-15-11(17)8-16-12(18)13(6-7-13)9-2-4-10(14)5-3-9/h2-5H,6-8H2,1H3,(H,15,17)(H,16,18). The van der Waals surface area contributed by atoms with Gasteiger partial charge in [0.1, 0.15) is 5.82 Å². The number of likely N-dealkylation sites (N-methyl/N-ethyl adjacent to an activating group) is 1. The number of halogens is 1. The van der Waals surface area contributed by atoms with Crippen molar-refractivity contribution in [2.75, 3.05) is 13.6 Å². The zero-order valence-electron chi connectivity index (χ0n) is 10.1. The van der Waals surface area contributed by atoms with Gasteiger partial charge in [0, 0.05) is 7.05 Å². The summed E-state index contributed by atoms with van der Waals surface area (Å²) in [5.74, 6) is -0.726. The molecule has 0 heterocycles. The van der Waals surface area contributed by atoms with Crippen LogP contribution in [-0.4, -0.2) is 25.4 Å². The number of carbonyl (C=O) groups excluding carboxylic acids is 2. The minimum atomic E-state index is -0.568. The first-order valence-electron chi connectivity index (χ1n) is 5.83. The zero-order chi connectivity index (χ0) is 13.2. The molecule has 1 aliphatic rings. The maximum Gasteiger partial charge on any atom is 0.239 e. The highest BCUT2D eigenvalue weighted by molar-refractivity contribution is 5.93. The minimum absolute atomic E-state index is 0.0295. The van der Waals surface area contributed by atoms with Crippen molar-refractivity contribution in [1.29, 1.82) is 0 Å². The Bertz CT molecular complexity index is 466. The van der Waals surface area contributed by atoms with Gasteiger partial charge in [-0.2, -0.15) is 0 Å². The fourth-order valence-electron chi connectivity index (χ4n) is 1.96. The van der Waals surface area contributed by atoms with Gasteiger partial charge in [0.25, 0.3) is 0 Å². The van der Waals surface area contributed by atoms with Crippen molar-refractivity contribution in [2.45, 2.75) is 18.3 Å². The fourth-order valence-corrected chi connectivity index (χ4v) is 1.96. The normalized spacial score (nSPS) is 15.9. The third-order valence-electron chi connectivity index (χ3n) is 3.27. The van der Waals surface area contributed by atoms with Gasteiger partial charge in [-0.1, -0.05) is 12.1 Å². The second-order valence-electron chi connectivity index (χ2n) is 4.44. The molecule has 0 spiro atoms. The Kier molecular flexibility index (Phi) is 3.32. The maximum atomic E-state index is 12.8. The van der Waals surface area contributed by atoms with Gasteiger partial charge >= 0.3 is 0 Å². The molecule has 2 rings (SSSR count). The smallest absolute Gasteiger partial charge is 0.239 e. The number of amides is 2. The van der Waals surface area contributed by atoms with Crippen molar-refractivity contribution in [3.8, 4) is 0 Å². The largest absolute Gasteiger partial charge is 0.358 e. The summed E-state index contributed by atoms with van der Waals surface area (Å²) in [6, 6.07) is 5.95. The summed E-state index contributed by atoms with van der Waals surface area (Å²) in [4.78, 5) is 23.1. The van der Waals surface area contributed by atoms with E-state index in [1.807, 2.05) is 0 Å². The van der Waals surface area contributed by atoms with E-state index in [0.717, 1.165) is 18.4 Å². The first-order chi connectivity index (χ1) is 8.58. The highest BCUT2D eigenvalue weighted by atomic mass is 19.1. The molecule has 0 unspecified atom stereocenters. The van der Waals surface area contributed by atoms with Gasteiger partial charge in [-0.3, -0.25) is 9.59 Å². The molecule has 0 saturated heterocycles. The third kappa shape index (κ3) is 2.34. The Hall–Kier alpha value is -1.91. The molecule has 0 radical (unpaired) electrons. The van der Waals surface area contributed by atoms with E-state index in [-0.39, 0.29) is 24.2 Å². The van der Waals surface area contributed by atoms with Crippen molar-refractivity contribution in [3.05, 3.63) is 35.6 Å². The van der Waals surface area contributed by atoms with Crippen LogP contribution in [0.25, 0.3) is 0 Å². The average Bonchev–Trinajstić information content (AvgIpc) is 3.17. The van der Waals surface area contributed by atoms with Crippen molar-refractivity contribution >= 4 is 11.8 Å². The molecular formula is C13H15FN2O2. The Labute approximate surface area is 105 Å². The predicted octanol–water partition coefficient (Wildman–Crippen LogP) is 0.719. The van der Waals surface area contributed by atoms with Crippen LogP contribution in [0.2, 0.25) is 0 Å². The predicted molar refractivity (Wildman–Crippen MR) is 64.4 cm³/mol. The van der Waals surface area contributed by atoms with E-state index in [1.54, 1.807) is 12.1 Å². The van der Waals surface area contributed by atoms with E-state index >= 15 is 0 Å². The number of hydrogen-bond acceptors (Lipinski definition) is 2. The molecule has 1 aromatic carbocycles. The van der Waals surface area contributed by atoms with E-state index in [9.17, 15) is 14.0 Å². The summed E-state index contributed by atoms with van der Waals surface area (Å²) in [7, 11) is 1.52. The van der Waals surface area contributed by atoms with Gasteiger partial charge in [0.15, 0.2) is 0 Å². The van der Waals surface area contributed by atoms with Crippen LogP contribution in [0.4, 0.5) is 4.39 Å². The Morgan fingerprint density at radius 1 is 1.28 bits per heavy atom. The Balaban J connectivity index is 2.05. The second-order valence-corrected chi connectivity index (χ2v) is 4.44. The summed E-state index contributed by atoms with van der Waals surface area (Å²) in [5, 5.41) is 5.04. The summed E-state index contributed by atoms with van der Waals surface area (Å²) in [5.41, 5.74) is 0.236. The van der Waals surface area contributed by atoms with Crippen LogP contribution < -0.4 is 10.6 Å². The molecule has 2 N–H and O–H groups in total. The average molecular weight is 250 g/mol. The molecule has 96 valence electrons. The monoisotopic (exact) mass is 250 g/mol. The lowest BCUT2D eigenvalue weighted by Gasteiger charge is -2.15. The number of benzene rings is 1. The lowest BCUT2D eigenvalue weighted by molar-refractivity contribution is -0.127. The van der Waals surface area contributed by atoms with Crippen molar-refractivity contribution < 1.29 is 14.0 Å². The first-order valence-corrected chi connectivity index (χ1v) is 5.83. The lowest BCUT2D eigenvalue weighted by atomic mass is 9.95. The minimum Gasteiger partial charge on any atom is -0.358 e. The van der Waals surface area contributed by atoms with Crippen LogP contribution in [0.3, 0.4) is 0 Å². The van der Waals surface area contributed by atoms with Gasteiger partial charge in [-0.25, -0.2) is 4.39 Å². The molecule has 1 aliphatic carbocycles. The van der Waals surface area contributed by atoms with Gasteiger partial charge in [-0.15, -0.1) is 0 Å². The topological polar surface area (TPSA) is 58.2 Å². The van der Waals surface area contributed by atoms with Gasteiger partial charge in [-0.05, 0) is 30.5 Å². The van der Waals surface area contributed by atoms with E-state index < -0.39 is 5.41 Å². The summed E-state index contributed by atoms with van der Waals surface area (Å²) < 4.78 is 12.8. The molecule has 1 aromatic rings. The Morgan fingerprint density at radius 2 is 1.89 bits per heavy atom.